The summed E-state index contributed by atoms with van der Waals surface area (Å²) >= 11 is 1.54. The molecule has 2 N–H and O–H groups in total. The maximum absolute atomic E-state index is 4.14. The zero-order valence-electron chi connectivity index (χ0n) is 11.2. The summed E-state index contributed by atoms with van der Waals surface area (Å²) in [5.41, 5.74) is 2.17. The summed E-state index contributed by atoms with van der Waals surface area (Å²) in [6.07, 6.45) is 6.93. The van der Waals surface area contributed by atoms with E-state index in [4.69, 9.17) is 0 Å². The van der Waals surface area contributed by atoms with Crippen molar-refractivity contribution < 1.29 is 0 Å². The molecular formula is C14H14N6S. The van der Waals surface area contributed by atoms with Gasteiger partial charge in [0.2, 0.25) is 0 Å². The highest BCUT2D eigenvalue weighted by Gasteiger charge is 2.01. The van der Waals surface area contributed by atoms with Gasteiger partial charge in [0.05, 0.1) is 6.20 Å². The van der Waals surface area contributed by atoms with E-state index in [9.17, 15) is 0 Å². The van der Waals surface area contributed by atoms with Crippen molar-refractivity contribution >= 4 is 23.6 Å². The summed E-state index contributed by atoms with van der Waals surface area (Å²) in [4.78, 5) is 5.19. The maximum Gasteiger partial charge on any atom is 0.188 e. The van der Waals surface area contributed by atoms with E-state index in [1.807, 2.05) is 36.7 Å². The third-order valence-electron chi connectivity index (χ3n) is 2.80. The number of nitrogens with zero attached hydrogens (tertiary/aromatic N) is 4. The molecule has 21 heavy (non-hydrogen) atoms. The van der Waals surface area contributed by atoms with E-state index in [0.29, 0.717) is 0 Å². The van der Waals surface area contributed by atoms with Crippen molar-refractivity contribution in [2.75, 3.05) is 5.32 Å². The summed E-state index contributed by atoms with van der Waals surface area (Å²) in [7, 11) is 0. The van der Waals surface area contributed by atoms with Crippen LogP contribution in [0.25, 0.3) is 6.20 Å². The van der Waals surface area contributed by atoms with Crippen molar-refractivity contribution in [3.63, 3.8) is 0 Å². The van der Waals surface area contributed by atoms with Crippen LogP contribution < -0.4 is 5.32 Å². The third kappa shape index (κ3) is 3.51. The van der Waals surface area contributed by atoms with E-state index >= 15 is 0 Å². The largest absolute Gasteiger partial charge is 0.381 e. The molecule has 106 valence electrons. The molecule has 0 unspecified atom stereocenters. The summed E-state index contributed by atoms with van der Waals surface area (Å²) in [5, 5.41) is 14.9. The molecule has 0 radical (unpaired) electrons. The third-order valence-corrected chi connectivity index (χ3v) is 3.70. The number of rotatable bonds is 6. The molecule has 0 saturated carbocycles. The van der Waals surface area contributed by atoms with Gasteiger partial charge in [-0.15, -0.1) is 0 Å². The van der Waals surface area contributed by atoms with Crippen molar-refractivity contribution in [1.82, 2.24) is 25.0 Å². The van der Waals surface area contributed by atoms with Crippen LogP contribution in [0.4, 0.5) is 5.69 Å². The van der Waals surface area contributed by atoms with Gasteiger partial charge in [-0.05, 0) is 24.3 Å². The first-order valence-electron chi connectivity index (χ1n) is 6.36. The first kappa shape index (κ1) is 13.4. The van der Waals surface area contributed by atoms with Gasteiger partial charge in [-0.3, -0.25) is 5.10 Å². The second-order valence-electron chi connectivity index (χ2n) is 4.28. The topological polar surface area (TPSA) is 71.4 Å². The molecule has 0 spiro atoms. The van der Waals surface area contributed by atoms with Crippen LogP contribution in [0.1, 0.15) is 5.56 Å². The number of benzene rings is 1. The molecule has 6 nitrogen and oxygen atoms in total. The highest BCUT2D eigenvalue weighted by Crippen LogP contribution is 2.25. The van der Waals surface area contributed by atoms with Crippen LogP contribution in [-0.2, 0) is 6.54 Å². The molecule has 0 saturated heterocycles. The van der Waals surface area contributed by atoms with E-state index in [1.54, 1.807) is 22.6 Å². The number of nitrogens with one attached hydrogen (secondary N) is 2. The zero-order valence-corrected chi connectivity index (χ0v) is 12.0. The Morgan fingerprint density at radius 2 is 2.19 bits per heavy atom. The lowest BCUT2D eigenvalue weighted by Crippen LogP contribution is -1.97. The van der Waals surface area contributed by atoms with Gasteiger partial charge in [-0.1, -0.05) is 18.3 Å². The van der Waals surface area contributed by atoms with Crippen molar-refractivity contribution in [2.24, 2.45) is 0 Å². The van der Waals surface area contributed by atoms with Crippen molar-refractivity contribution in [3.8, 4) is 0 Å². The van der Waals surface area contributed by atoms with Crippen LogP contribution in [0.15, 0.2) is 59.6 Å². The standard InChI is InChI=1S/C14H14N6S/c1-2-20-9-11(8-18-20)7-15-12-3-5-13(6-4-12)21-14-16-10-17-19-14/h2-6,8-10,15H,1,7H2,(H,16,17,19). The van der Waals surface area contributed by atoms with E-state index in [1.165, 1.54) is 6.33 Å². The van der Waals surface area contributed by atoms with E-state index in [0.717, 1.165) is 27.8 Å². The monoisotopic (exact) mass is 298 g/mol. The Kier molecular flexibility index (Phi) is 4.02. The highest BCUT2D eigenvalue weighted by molar-refractivity contribution is 7.99. The Balaban J connectivity index is 1.57. The molecule has 0 aliphatic heterocycles. The molecule has 2 heterocycles. The molecule has 0 fully saturated rings. The van der Waals surface area contributed by atoms with Gasteiger partial charge in [-0.2, -0.15) is 10.2 Å². The van der Waals surface area contributed by atoms with Crippen molar-refractivity contribution in [3.05, 3.63) is 55.1 Å². The molecule has 7 heteroatoms. The van der Waals surface area contributed by atoms with Gasteiger partial charge in [0.1, 0.15) is 6.33 Å². The minimum absolute atomic E-state index is 0.725. The van der Waals surface area contributed by atoms with E-state index < -0.39 is 0 Å². The fourth-order valence-corrected chi connectivity index (χ4v) is 2.46. The first-order chi connectivity index (χ1) is 10.3. The van der Waals surface area contributed by atoms with Gasteiger partial charge in [0.15, 0.2) is 5.16 Å². The Labute approximate surface area is 126 Å². The average molecular weight is 298 g/mol. The number of H-pyrrole nitrogens is 1. The second kappa shape index (κ2) is 6.27. The smallest absolute Gasteiger partial charge is 0.188 e. The summed E-state index contributed by atoms with van der Waals surface area (Å²) in [6, 6.07) is 8.17. The quantitative estimate of drug-likeness (QED) is 0.732. The van der Waals surface area contributed by atoms with Gasteiger partial charge in [-0.25, -0.2) is 9.67 Å². The minimum atomic E-state index is 0.725. The number of aromatic amines is 1. The fraction of sp³-hybridized carbons (Fsp3) is 0.0714. The number of hydrogen-bond acceptors (Lipinski definition) is 5. The predicted octanol–water partition coefficient (Wildman–Crippen LogP) is 2.87. The van der Waals surface area contributed by atoms with Crippen LogP contribution in [-0.4, -0.2) is 25.0 Å². The molecule has 0 aliphatic carbocycles. The first-order valence-corrected chi connectivity index (χ1v) is 7.18. The molecule has 0 aliphatic rings. The minimum Gasteiger partial charge on any atom is -0.381 e. The van der Waals surface area contributed by atoms with Crippen LogP contribution in [0.5, 0.6) is 0 Å². The second-order valence-corrected chi connectivity index (χ2v) is 5.34. The van der Waals surface area contributed by atoms with Crippen molar-refractivity contribution in [2.45, 2.75) is 16.6 Å². The molecule has 2 aromatic heterocycles. The summed E-state index contributed by atoms with van der Waals surface area (Å²) in [6.45, 7) is 4.39. The molecule has 3 aromatic rings. The van der Waals surface area contributed by atoms with Gasteiger partial charge < -0.3 is 5.32 Å². The molecule has 0 bridgehead atoms. The fourth-order valence-electron chi connectivity index (χ4n) is 1.77. The summed E-state index contributed by atoms with van der Waals surface area (Å²) < 4.78 is 1.69. The Morgan fingerprint density at radius 1 is 1.33 bits per heavy atom. The number of hydrogen-bond donors (Lipinski definition) is 2. The lowest BCUT2D eigenvalue weighted by molar-refractivity contribution is 0.936. The van der Waals surface area contributed by atoms with Crippen LogP contribution >= 0.6 is 11.8 Å². The maximum atomic E-state index is 4.14. The molecule has 0 atom stereocenters. The van der Waals surface area contributed by atoms with Crippen LogP contribution in [0.3, 0.4) is 0 Å². The van der Waals surface area contributed by atoms with Gasteiger partial charge in [0.25, 0.3) is 0 Å². The Bertz CT molecular complexity index is 701. The average Bonchev–Trinajstić information content (AvgIpc) is 3.18. The zero-order chi connectivity index (χ0) is 14.5. The summed E-state index contributed by atoms with van der Waals surface area (Å²) in [5.74, 6) is 0. The molecular weight excluding hydrogens is 284 g/mol. The van der Waals surface area contributed by atoms with Gasteiger partial charge >= 0.3 is 0 Å². The van der Waals surface area contributed by atoms with E-state index in [-0.39, 0.29) is 0 Å². The highest BCUT2D eigenvalue weighted by atomic mass is 32.2. The number of aromatic nitrogens is 5. The Hall–Kier alpha value is -2.54. The van der Waals surface area contributed by atoms with Crippen LogP contribution in [0.2, 0.25) is 0 Å². The normalized spacial score (nSPS) is 10.5. The van der Waals surface area contributed by atoms with Gasteiger partial charge in [0, 0.05) is 35.1 Å². The van der Waals surface area contributed by atoms with E-state index in [2.05, 4.69) is 32.2 Å². The SMILES string of the molecule is C=Cn1cc(CNc2ccc(Sc3ncn[nH]3)cc2)cn1. The van der Waals surface area contributed by atoms with Crippen molar-refractivity contribution in [1.29, 1.82) is 0 Å². The molecule has 3 rings (SSSR count). The lowest BCUT2D eigenvalue weighted by atomic mass is 10.3. The lowest BCUT2D eigenvalue weighted by Gasteiger charge is -2.05. The molecule has 0 amide bonds. The number of anilines is 1. The molecule has 1 aromatic carbocycles. The van der Waals surface area contributed by atoms with Crippen LogP contribution in [0, 0.1) is 0 Å². The Morgan fingerprint density at radius 3 is 2.86 bits per heavy atom. The predicted molar refractivity (Wildman–Crippen MR) is 82.9 cm³/mol.